The van der Waals surface area contributed by atoms with E-state index < -0.39 is 0 Å². The zero-order chi connectivity index (χ0) is 18.6. The van der Waals surface area contributed by atoms with Gasteiger partial charge in [-0.2, -0.15) is 0 Å². The van der Waals surface area contributed by atoms with Gasteiger partial charge in [0.05, 0.1) is 0 Å². The van der Waals surface area contributed by atoms with Gasteiger partial charge in [-0.05, 0) is 19.2 Å². The number of benzene rings is 1. The van der Waals surface area contributed by atoms with Gasteiger partial charge in [0.2, 0.25) is 0 Å². The summed E-state index contributed by atoms with van der Waals surface area (Å²) in [6.07, 6.45) is 2.81. The Morgan fingerprint density at radius 2 is 1.82 bits per heavy atom. The van der Waals surface area contributed by atoms with E-state index in [-0.39, 0.29) is 12.4 Å². The van der Waals surface area contributed by atoms with E-state index in [9.17, 15) is 0 Å². The highest BCUT2D eigenvalue weighted by molar-refractivity contribution is 5.85. The maximum Gasteiger partial charge on any atom is 0.134 e. The zero-order valence-electron chi connectivity index (χ0n) is 16.6. The number of halogens is 1. The van der Waals surface area contributed by atoms with E-state index in [1.165, 1.54) is 16.5 Å². The summed E-state index contributed by atoms with van der Waals surface area (Å²) in [4.78, 5) is 9.45. The van der Waals surface area contributed by atoms with Crippen LogP contribution in [0.15, 0.2) is 47.0 Å². The molecule has 0 unspecified atom stereocenters. The number of nitrogens with one attached hydrogen (secondary N) is 1. The molecule has 0 spiro atoms. The molecule has 0 atom stereocenters. The average molecular weight is 401 g/mol. The van der Waals surface area contributed by atoms with E-state index in [0.717, 1.165) is 62.9 Å². The lowest BCUT2D eigenvalue weighted by Gasteiger charge is -2.34. The van der Waals surface area contributed by atoms with Crippen molar-refractivity contribution in [3.05, 3.63) is 59.5 Å². The summed E-state index contributed by atoms with van der Waals surface area (Å²) in [6.45, 7) is 8.00. The summed E-state index contributed by atoms with van der Waals surface area (Å²) < 4.78 is 6.01. The van der Waals surface area contributed by atoms with Gasteiger partial charge in [-0.15, -0.1) is 12.4 Å². The summed E-state index contributed by atoms with van der Waals surface area (Å²) in [5.74, 6) is 2.19. The molecule has 1 aliphatic rings. The van der Waals surface area contributed by atoms with Gasteiger partial charge >= 0.3 is 0 Å². The number of pyridine rings is 1. The number of nitrogens with zero attached hydrogens (tertiary/aromatic N) is 3. The summed E-state index contributed by atoms with van der Waals surface area (Å²) in [5, 5.41) is 4.84. The molecule has 0 aliphatic carbocycles. The molecule has 0 radical (unpaired) electrons. The van der Waals surface area contributed by atoms with Gasteiger partial charge in [0, 0.05) is 68.4 Å². The Balaban J connectivity index is 0.00000225. The molecule has 1 N–H and O–H groups in total. The SMILES string of the molecule is CCc1oc2ccccc2c1CNCc1cccnc1N1CCN(C)CC1.Cl. The predicted octanol–water partition coefficient (Wildman–Crippen LogP) is 3.85. The van der Waals surface area contributed by atoms with Crippen LogP contribution in [0.25, 0.3) is 11.0 Å². The molecule has 150 valence electrons. The minimum absolute atomic E-state index is 0. The molecule has 0 saturated carbocycles. The third-order valence-electron chi connectivity index (χ3n) is 5.39. The Morgan fingerprint density at radius 1 is 1.04 bits per heavy atom. The number of anilines is 1. The smallest absolute Gasteiger partial charge is 0.134 e. The van der Waals surface area contributed by atoms with E-state index in [4.69, 9.17) is 4.42 Å². The molecular weight excluding hydrogens is 372 g/mol. The first kappa shape index (κ1) is 20.6. The first-order chi connectivity index (χ1) is 13.3. The molecule has 1 aromatic carbocycles. The van der Waals surface area contributed by atoms with Crippen LogP contribution in [0.4, 0.5) is 5.82 Å². The number of likely N-dealkylation sites (N-methyl/N-ethyl adjacent to an activating group) is 1. The van der Waals surface area contributed by atoms with Crippen molar-refractivity contribution in [3.63, 3.8) is 0 Å². The maximum absolute atomic E-state index is 6.01. The van der Waals surface area contributed by atoms with Gasteiger partial charge in [0.15, 0.2) is 0 Å². The largest absolute Gasteiger partial charge is 0.461 e. The molecular formula is C22H29ClN4O. The monoisotopic (exact) mass is 400 g/mol. The van der Waals surface area contributed by atoms with Gasteiger partial charge < -0.3 is 19.5 Å². The Hall–Kier alpha value is -2.08. The third-order valence-corrected chi connectivity index (χ3v) is 5.39. The second-order valence-electron chi connectivity index (χ2n) is 7.23. The first-order valence-electron chi connectivity index (χ1n) is 9.83. The highest BCUT2D eigenvalue weighted by Crippen LogP contribution is 2.26. The van der Waals surface area contributed by atoms with Crippen molar-refractivity contribution in [2.75, 3.05) is 38.1 Å². The highest BCUT2D eigenvalue weighted by Gasteiger charge is 2.18. The van der Waals surface area contributed by atoms with Crippen molar-refractivity contribution in [2.24, 2.45) is 0 Å². The van der Waals surface area contributed by atoms with Crippen LogP contribution in [0.2, 0.25) is 0 Å². The summed E-state index contributed by atoms with van der Waals surface area (Å²) in [5.41, 5.74) is 3.51. The summed E-state index contributed by atoms with van der Waals surface area (Å²) in [7, 11) is 2.18. The van der Waals surface area contributed by atoms with Gasteiger partial charge in [-0.3, -0.25) is 0 Å². The zero-order valence-corrected chi connectivity index (χ0v) is 17.5. The molecule has 28 heavy (non-hydrogen) atoms. The van der Waals surface area contributed by atoms with Crippen LogP contribution in [0.3, 0.4) is 0 Å². The van der Waals surface area contributed by atoms with Crippen molar-refractivity contribution in [3.8, 4) is 0 Å². The third kappa shape index (κ3) is 4.32. The number of hydrogen-bond acceptors (Lipinski definition) is 5. The van der Waals surface area contributed by atoms with Crippen molar-refractivity contribution in [1.82, 2.24) is 15.2 Å². The number of fused-ring (bicyclic) bond motifs is 1. The predicted molar refractivity (Wildman–Crippen MR) is 117 cm³/mol. The van der Waals surface area contributed by atoms with Gasteiger partial charge in [0.25, 0.3) is 0 Å². The van der Waals surface area contributed by atoms with E-state index in [1.807, 2.05) is 24.4 Å². The quantitative estimate of drug-likeness (QED) is 0.680. The van der Waals surface area contributed by atoms with Gasteiger partial charge in [0.1, 0.15) is 17.2 Å². The molecule has 1 aliphatic heterocycles. The number of para-hydroxylation sites is 1. The molecule has 6 heteroatoms. The molecule has 3 aromatic rings. The lowest BCUT2D eigenvalue weighted by molar-refractivity contribution is 0.311. The fourth-order valence-corrected chi connectivity index (χ4v) is 3.82. The van der Waals surface area contributed by atoms with Gasteiger partial charge in [-0.25, -0.2) is 4.98 Å². The van der Waals surface area contributed by atoms with Crippen LogP contribution in [-0.2, 0) is 19.5 Å². The lowest BCUT2D eigenvalue weighted by Crippen LogP contribution is -2.45. The number of aromatic nitrogens is 1. The molecule has 2 aromatic heterocycles. The van der Waals surface area contributed by atoms with Crippen molar-refractivity contribution >= 4 is 29.2 Å². The first-order valence-corrected chi connectivity index (χ1v) is 9.83. The van der Waals surface area contributed by atoms with E-state index >= 15 is 0 Å². The van der Waals surface area contributed by atoms with Crippen LogP contribution >= 0.6 is 12.4 Å². The van der Waals surface area contributed by atoms with Crippen molar-refractivity contribution in [2.45, 2.75) is 26.4 Å². The summed E-state index contributed by atoms with van der Waals surface area (Å²) in [6, 6.07) is 12.5. The van der Waals surface area contributed by atoms with E-state index in [2.05, 4.69) is 52.3 Å². The minimum atomic E-state index is 0. The normalized spacial score (nSPS) is 15.0. The number of furan rings is 1. The topological polar surface area (TPSA) is 44.5 Å². The molecule has 1 saturated heterocycles. The van der Waals surface area contributed by atoms with Crippen LogP contribution in [0.5, 0.6) is 0 Å². The van der Waals surface area contributed by atoms with Crippen LogP contribution < -0.4 is 10.2 Å². The second-order valence-corrected chi connectivity index (χ2v) is 7.23. The van der Waals surface area contributed by atoms with Crippen LogP contribution in [-0.4, -0.2) is 43.1 Å². The standard InChI is InChI=1S/C22H28N4O.ClH/c1-3-20-19(18-8-4-5-9-21(18)27-20)16-23-15-17-7-6-10-24-22(17)26-13-11-25(2)12-14-26;/h4-10,23H,3,11-16H2,1-2H3;1H. The molecule has 0 amide bonds. The summed E-state index contributed by atoms with van der Waals surface area (Å²) >= 11 is 0. The minimum Gasteiger partial charge on any atom is -0.461 e. The Bertz CT molecular complexity index is 902. The van der Waals surface area contributed by atoms with Crippen molar-refractivity contribution < 1.29 is 4.42 Å². The number of aryl methyl sites for hydroxylation is 1. The molecule has 3 heterocycles. The second kappa shape index (κ2) is 9.41. The lowest BCUT2D eigenvalue weighted by atomic mass is 10.1. The Kier molecular flexibility index (Phi) is 6.94. The number of piperazine rings is 1. The Labute approximate surface area is 173 Å². The average Bonchev–Trinajstić information content (AvgIpc) is 3.07. The van der Waals surface area contributed by atoms with Crippen molar-refractivity contribution in [1.29, 1.82) is 0 Å². The molecule has 5 nitrogen and oxygen atoms in total. The molecule has 4 rings (SSSR count). The van der Waals surface area contributed by atoms with Gasteiger partial charge in [-0.1, -0.05) is 31.2 Å². The fraction of sp³-hybridized carbons (Fsp3) is 0.409. The maximum atomic E-state index is 6.01. The highest BCUT2D eigenvalue weighted by atomic mass is 35.5. The Morgan fingerprint density at radius 3 is 2.61 bits per heavy atom. The molecule has 1 fully saturated rings. The van der Waals surface area contributed by atoms with Crippen LogP contribution in [0, 0.1) is 0 Å². The molecule has 0 bridgehead atoms. The van der Waals surface area contributed by atoms with E-state index in [0.29, 0.717) is 0 Å². The van der Waals surface area contributed by atoms with E-state index in [1.54, 1.807) is 0 Å². The fourth-order valence-electron chi connectivity index (χ4n) is 3.82. The number of rotatable bonds is 6. The van der Waals surface area contributed by atoms with Crippen LogP contribution in [0.1, 0.15) is 23.8 Å². The number of hydrogen-bond donors (Lipinski definition) is 1.